The van der Waals surface area contributed by atoms with Crippen molar-refractivity contribution in [2.45, 2.75) is 26.3 Å². The molecule has 1 heterocycles. The van der Waals surface area contributed by atoms with Gasteiger partial charge in [-0.25, -0.2) is 4.79 Å². The van der Waals surface area contributed by atoms with Gasteiger partial charge in [0.1, 0.15) is 12.1 Å². The van der Waals surface area contributed by atoms with Crippen LogP contribution in [0.2, 0.25) is 0 Å². The Labute approximate surface area is 180 Å². The predicted octanol–water partition coefficient (Wildman–Crippen LogP) is 1.33. The first-order valence-electron chi connectivity index (χ1n) is 9.78. The molecule has 0 aliphatic carbocycles. The third-order valence-electron chi connectivity index (χ3n) is 5.05. The lowest BCUT2D eigenvalue weighted by Gasteiger charge is -2.22. The monoisotopic (exact) mass is 423 g/mol. The number of benzene rings is 2. The first-order valence-corrected chi connectivity index (χ1v) is 9.78. The lowest BCUT2D eigenvalue weighted by Crippen LogP contribution is -2.49. The molecule has 162 valence electrons. The van der Waals surface area contributed by atoms with Crippen LogP contribution in [-0.2, 0) is 19.9 Å². The van der Waals surface area contributed by atoms with Crippen LogP contribution in [0.1, 0.15) is 23.6 Å². The van der Waals surface area contributed by atoms with Gasteiger partial charge in [0.05, 0.1) is 6.54 Å². The number of carbonyl (C=O) groups excluding carboxylic acids is 4. The molecular weight excluding hydrogens is 398 g/mol. The van der Waals surface area contributed by atoms with Gasteiger partial charge in [-0.3, -0.25) is 30.1 Å². The Hall–Kier alpha value is -3.88. The Balaban J connectivity index is 1.51. The van der Waals surface area contributed by atoms with Crippen LogP contribution in [0, 0.1) is 13.8 Å². The topological polar surface area (TPSA) is 120 Å². The molecule has 0 aromatic heterocycles. The highest BCUT2D eigenvalue weighted by Crippen LogP contribution is 2.28. The van der Waals surface area contributed by atoms with E-state index in [-0.39, 0.29) is 6.54 Å². The summed E-state index contributed by atoms with van der Waals surface area (Å²) in [6, 6.07) is 14.0. The van der Waals surface area contributed by atoms with Gasteiger partial charge in [0.2, 0.25) is 0 Å². The van der Waals surface area contributed by atoms with Crippen LogP contribution in [0.3, 0.4) is 0 Å². The van der Waals surface area contributed by atoms with Crippen molar-refractivity contribution in [2.24, 2.45) is 0 Å². The number of urea groups is 1. The van der Waals surface area contributed by atoms with E-state index < -0.39 is 35.8 Å². The third kappa shape index (κ3) is 5.00. The van der Waals surface area contributed by atoms with Crippen LogP contribution in [0.4, 0.5) is 10.5 Å². The Morgan fingerprint density at radius 2 is 1.45 bits per heavy atom. The number of hydrogen-bond donors (Lipinski definition) is 4. The van der Waals surface area contributed by atoms with Crippen molar-refractivity contribution in [3.8, 4) is 0 Å². The highest BCUT2D eigenvalue weighted by molar-refractivity contribution is 6.09. The van der Waals surface area contributed by atoms with E-state index in [1.54, 1.807) is 19.1 Å². The molecule has 31 heavy (non-hydrogen) atoms. The first kappa shape index (κ1) is 21.8. The Kier molecular flexibility index (Phi) is 6.24. The molecule has 1 fully saturated rings. The molecule has 9 heteroatoms. The van der Waals surface area contributed by atoms with E-state index >= 15 is 0 Å². The van der Waals surface area contributed by atoms with Crippen LogP contribution in [0.5, 0.6) is 0 Å². The second-order valence-corrected chi connectivity index (χ2v) is 7.63. The zero-order chi connectivity index (χ0) is 22.6. The number of aryl methyl sites for hydroxylation is 2. The largest absolute Gasteiger partial charge is 0.376 e. The van der Waals surface area contributed by atoms with Crippen molar-refractivity contribution in [3.63, 3.8) is 0 Å². The van der Waals surface area contributed by atoms with Crippen molar-refractivity contribution in [1.29, 1.82) is 0 Å². The van der Waals surface area contributed by atoms with Gasteiger partial charge in [-0.05, 0) is 38.5 Å². The summed E-state index contributed by atoms with van der Waals surface area (Å²) in [6.45, 7) is 4.90. The van der Waals surface area contributed by atoms with Crippen LogP contribution in [-0.4, -0.2) is 41.7 Å². The van der Waals surface area contributed by atoms with Crippen molar-refractivity contribution >= 4 is 29.4 Å². The second-order valence-electron chi connectivity index (χ2n) is 7.63. The number of imide groups is 1. The average molecular weight is 423 g/mol. The Morgan fingerprint density at radius 3 is 2.06 bits per heavy atom. The maximum absolute atomic E-state index is 12.8. The van der Waals surface area contributed by atoms with Gasteiger partial charge in [0.15, 0.2) is 0 Å². The van der Waals surface area contributed by atoms with Crippen molar-refractivity contribution in [3.05, 3.63) is 65.2 Å². The number of hydrazine groups is 1. The molecule has 0 saturated carbocycles. The summed E-state index contributed by atoms with van der Waals surface area (Å²) in [6.07, 6.45) is 0. The van der Waals surface area contributed by atoms with Crippen LogP contribution >= 0.6 is 0 Å². The van der Waals surface area contributed by atoms with Gasteiger partial charge in [-0.2, -0.15) is 0 Å². The normalized spacial score (nSPS) is 17.8. The summed E-state index contributed by atoms with van der Waals surface area (Å²) in [5.41, 5.74) is 6.72. The maximum atomic E-state index is 12.8. The smallest absolute Gasteiger partial charge is 0.325 e. The van der Waals surface area contributed by atoms with E-state index in [1.807, 2.05) is 50.2 Å². The number of rotatable bonds is 6. The number of nitrogens with one attached hydrogen (secondary N) is 4. The summed E-state index contributed by atoms with van der Waals surface area (Å²) in [5, 5.41) is 5.56. The predicted molar refractivity (Wildman–Crippen MR) is 115 cm³/mol. The Morgan fingerprint density at radius 1 is 0.903 bits per heavy atom. The summed E-state index contributed by atoms with van der Waals surface area (Å²) < 4.78 is 0. The molecule has 1 unspecified atom stereocenters. The summed E-state index contributed by atoms with van der Waals surface area (Å²) in [7, 11) is 0. The lowest BCUT2D eigenvalue weighted by atomic mass is 9.91. The van der Waals surface area contributed by atoms with E-state index in [4.69, 9.17) is 0 Å². The van der Waals surface area contributed by atoms with Crippen LogP contribution in [0.25, 0.3) is 0 Å². The van der Waals surface area contributed by atoms with E-state index in [0.29, 0.717) is 5.56 Å². The number of carbonyl (C=O) groups is 4. The lowest BCUT2D eigenvalue weighted by molar-refractivity contribution is -0.135. The zero-order valence-electron chi connectivity index (χ0n) is 17.6. The number of amides is 5. The van der Waals surface area contributed by atoms with E-state index in [0.717, 1.165) is 21.7 Å². The third-order valence-corrected chi connectivity index (χ3v) is 5.05. The fourth-order valence-electron chi connectivity index (χ4n) is 3.14. The molecule has 1 atom stereocenters. The minimum Gasteiger partial charge on any atom is -0.376 e. The van der Waals surface area contributed by atoms with Gasteiger partial charge in [-0.15, -0.1) is 0 Å². The van der Waals surface area contributed by atoms with Crippen LogP contribution < -0.4 is 21.5 Å². The second kappa shape index (κ2) is 8.86. The highest BCUT2D eigenvalue weighted by Gasteiger charge is 2.49. The zero-order valence-corrected chi connectivity index (χ0v) is 17.6. The van der Waals surface area contributed by atoms with Gasteiger partial charge < -0.3 is 10.6 Å². The number of nitrogens with zero attached hydrogens (tertiary/aromatic N) is 1. The molecule has 0 spiro atoms. The molecule has 1 aliphatic rings. The van der Waals surface area contributed by atoms with Gasteiger partial charge >= 0.3 is 6.03 Å². The average Bonchev–Trinajstić information content (AvgIpc) is 2.96. The molecule has 0 bridgehead atoms. The van der Waals surface area contributed by atoms with Crippen molar-refractivity contribution in [2.75, 3.05) is 18.4 Å². The molecule has 5 amide bonds. The van der Waals surface area contributed by atoms with Crippen LogP contribution in [0.15, 0.2) is 48.5 Å². The van der Waals surface area contributed by atoms with Crippen molar-refractivity contribution in [1.82, 2.24) is 21.1 Å². The molecule has 2 aromatic carbocycles. The Bertz CT molecular complexity index is 1000. The van der Waals surface area contributed by atoms with E-state index in [9.17, 15) is 19.2 Å². The minimum absolute atomic E-state index is 0.0576. The minimum atomic E-state index is -1.26. The quantitative estimate of drug-likeness (QED) is 0.413. The van der Waals surface area contributed by atoms with E-state index in [2.05, 4.69) is 21.5 Å². The van der Waals surface area contributed by atoms with Crippen molar-refractivity contribution < 1.29 is 19.2 Å². The van der Waals surface area contributed by atoms with Gasteiger partial charge in [-0.1, -0.05) is 47.5 Å². The summed E-state index contributed by atoms with van der Waals surface area (Å²) in [4.78, 5) is 50.1. The highest BCUT2D eigenvalue weighted by atomic mass is 16.2. The molecule has 1 aliphatic heterocycles. The molecule has 2 aromatic rings. The molecule has 1 saturated heterocycles. The molecule has 0 radical (unpaired) electrons. The molecule has 9 nitrogen and oxygen atoms in total. The summed E-state index contributed by atoms with van der Waals surface area (Å²) in [5.74, 6) is -1.71. The molecule has 3 rings (SSSR count). The van der Waals surface area contributed by atoms with Gasteiger partial charge in [0, 0.05) is 5.69 Å². The number of hydrogen-bond acceptors (Lipinski definition) is 5. The maximum Gasteiger partial charge on any atom is 0.325 e. The fraction of sp³-hybridized carbons (Fsp3) is 0.273. The van der Waals surface area contributed by atoms with E-state index in [1.165, 1.54) is 0 Å². The fourth-order valence-corrected chi connectivity index (χ4v) is 3.14. The molecule has 4 N–H and O–H groups in total. The number of anilines is 1. The van der Waals surface area contributed by atoms with Gasteiger partial charge in [0.25, 0.3) is 17.7 Å². The summed E-state index contributed by atoms with van der Waals surface area (Å²) >= 11 is 0. The SMILES string of the molecule is Cc1ccc(NCC(=O)NNC(=O)CN2C(=O)NC(C)(c3ccc(C)cc3)C2=O)cc1. The molecular formula is C22H25N5O4. The first-order chi connectivity index (χ1) is 14.7. The standard InChI is InChI=1S/C22H25N5O4/c1-14-4-8-16(9-5-14)22(3)20(30)27(21(31)24-22)13-19(29)26-25-18(28)12-23-17-10-6-15(2)7-11-17/h4-11,23H,12-13H2,1-3H3,(H,24,31)(H,25,28)(H,26,29).